The van der Waals surface area contributed by atoms with Gasteiger partial charge >= 0.3 is 0 Å². The molecule has 0 aliphatic carbocycles. The molecule has 2 aromatic carbocycles. The fraction of sp³-hybridized carbons (Fsp3) is 0.538. The lowest BCUT2D eigenvalue weighted by atomic mass is 9.89. The average molecular weight is 383 g/mol. The zero-order chi connectivity index (χ0) is 20.2. The minimum Gasteiger partial charge on any atom is -0.494 e. The molecule has 0 heterocycles. The second-order valence-corrected chi connectivity index (χ2v) is 8.13. The van der Waals surface area contributed by atoms with Gasteiger partial charge < -0.3 is 9.84 Å². The summed E-state index contributed by atoms with van der Waals surface area (Å²) < 4.78 is 5.90. The predicted molar refractivity (Wildman–Crippen MR) is 119 cm³/mol. The number of benzene rings is 2. The maximum absolute atomic E-state index is 9.12. The van der Waals surface area contributed by atoms with E-state index in [1.54, 1.807) is 0 Å². The number of hydrogen-bond donors (Lipinski definition) is 1. The van der Waals surface area contributed by atoms with Gasteiger partial charge in [-0.25, -0.2) is 0 Å². The van der Waals surface area contributed by atoms with Crippen LogP contribution in [0.15, 0.2) is 42.5 Å². The molecule has 28 heavy (non-hydrogen) atoms. The van der Waals surface area contributed by atoms with Crippen LogP contribution in [0.3, 0.4) is 0 Å². The lowest BCUT2D eigenvalue weighted by Gasteiger charge is -2.18. The molecule has 2 heteroatoms. The van der Waals surface area contributed by atoms with Gasteiger partial charge in [-0.15, -0.1) is 0 Å². The second kappa shape index (κ2) is 12.6. The first-order valence-electron chi connectivity index (χ1n) is 11.0. The number of aryl methyl sites for hydroxylation is 2. The molecule has 0 bridgehead atoms. The normalized spacial score (nSPS) is 12.1. The van der Waals surface area contributed by atoms with Gasteiger partial charge in [-0.05, 0) is 73.4 Å². The van der Waals surface area contributed by atoms with Gasteiger partial charge in [0.1, 0.15) is 5.75 Å². The molecule has 2 nitrogen and oxygen atoms in total. The monoisotopic (exact) mass is 382 g/mol. The molecule has 0 saturated heterocycles. The molecule has 0 aliphatic rings. The van der Waals surface area contributed by atoms with Gasteiger partial charge in [0.05, 0.1) is 13.2 Å². The Morgan fingerprint density at radius 1 is 0.821 bits per heavy atom. The third-order valence-corrected chi connectivity index (χ3v) is 5.69. The van der Waals surface area contributed by atoms with Crippen molar-refractivity contribution in [2.45, 2.75) is 78.7 Å². The van der Waals surface area contributed by atoms with E-state index in [2.05, 4.69) is 39.0 Å². The van der Waals surface area contributed by atoms with E-state index in [0.717, 1.165) is 30.3 Å². The molecule has 154 valence electrons. The number of ether oxygens (including phenoxy) is 1. The highest BCUT2D eigenvalue weighted by Gasteiger charge is 2.11. The quantitative estimate of drug-likeness (QED) is 0.387. The first-order chi connectivity index (χ1) is 13.6. The molecule has 0 spiro atoms. The number of rotatable bonds is 13. The summed E-state index contributed by atoms with van der Waals surface area (Å²) in [4.78, 5) is 0. The van der Waals surface area contributed by atoms with Crippen LogP contribution in [0.25, 0.3) is 0 Å². The minimum atomic E-state index is 0.0818. The Morgan fingerprint density at radius 2 is 1.54 bits per heavy atom. The van der Waals surface area contributed by atoms with E-state index in [1.165, 1.54) is 61.6 Å². The van der Waals surface area contributed by atoms with Crippen LogP contribution in [0.2, 0.25) is 0 Å². The molecular formula is C26H38O2. The largest absolute Gasteiger partial charge is 0.494 e. The maximum Gasteiger partial charge on any atom is 0.119 e. The zero-order valence-electron chi connectivity index (χ0n) is 18.0. The third kappa shape index (κ3) is 8.06. The van der Waals surface area contributed by atoms with E-state index < -0.39 is 0 Å². The summed E-state index contributed by atoms with van der Waals surface area (Å²) in [6.45, 7) is 7.52. The van der Waals surface area contributed by atoms with E-state index in [0.29, 0.717) is 0 Å². The van der Waals surface area contributed by atoms with Gasteiger partial charge in [0.2, 0.25) is 0 Å². The van der Waals surface area contributed by atoms with Gasteiger partial charge in [0, 0.05) is 0 Å². The Morgan fingerprint density at radius 3 is 2.21 bits per heavy atom. The molecule has 0 fully saturated rings. The first kappa shape index (κ1) is 22.5. The van der Waals surface area contributed by atoms with Crippen molar-refractivity contribution in [3.05, 3.63) is 64.7 Å². The Kier molecular flexibility index (Phi) is 10.1. The Balaban J connectivity index is 1.82. The van der Waals surface area contributed by atoms with Gasteiger partial charge in [-0.3, -0.25) is 0 Å². The number of aliphatic hydroxyl groups is 1. The van der Waals surface area contributed by atoms with Gasteiger partial charge in [-0.2, -0.15) is 0 Å². The minimum absolute atomic E-state index is 0.0818. The Hall–Kier alpha value is -1.80. The molecular weight excluding hydrogens is 344 g/mol. The van der Waals surface area contributed by atoms with E-state index in [-0.39, 0.29) is 6.61 Å². The van der Waals surface area contributed by atoms with Crippen molar-refractivity contribution in [3.8, 4) is 5.75 Å². The molecule has 1 N–H and O–H groups in total. The summed E-state index contributed by atoms with van der Waals surface area (Å²) in [6.07, 6.45) is 10.1. The average Bonchev–Trinajstić information content (AvgIpc) is 2.71. The predicted octanol–water partition coefficient (Wildman–Crippen LogP) is 6.78. The second-order valence-electron chi connectivity index (χ2n) is 8.13. The van der Waals surface area contributed by atoms with Crippen molar-refractivity contribution < 1.29 is 9.84 Å². The lowest BCUT2D eigenvalue weighted by Crippen LogP contribution is -2.08. The van der Waals surface area contributed by atoms with Crippen molar-refractivity contribution >= 4 is 0 Å². The fourth-order valence-electron chi connectivity index (χ4n) is 3.73. The van der Waals surface area contributed by atoms with Crippen LogP contribution in [0, 0.1) is 19.8 Å². The van der Waals surface area contributed by atoms with Crippen molar-refractivity contribution in [2.24, 2.45) is 5.92 Å². The Bertz CT molecular complexity index is 675. The smallest absolute Gasteiger partial charge is 0.119 e. The van der Waals surface area contributed by atoms with Gasteiger partial charge in [0.15, 0.2) is 0 Å². The molecule has 0 unspecified atom stereocenters. The molecule has 0 aromatic heterocycles. The summed E-state index contributed by atoms with van der Waals surface area (Å²) >= 11 is 0. The van der Waals surface area contributed by atoms with E-state index >= 15 is 0 Å². The van der Waals surface area contributed by atoms with Gasteiger partial charge in [-0.1, -0.05) is 69.4 Å². The van der Waals surface area contributed by atoms with E-state index in [9.17, 15) is 0 Å². The van der Waals surface area contributed by atoms with Crippen molar-refractivity contribution in [1.82, 2.24) is 0 Å². The highest BCUT2D eigenvalue weighted by atomic mass is 16.5. The first-order valence-corrected chi connectivity index (χ1v) is 11.0. The van der Waals surface area contributed by atoms with Crippen LogP contribution in [0.5, 0.6) is 5.75 Å². The van der Waals surface area contributed by atoms with E-state index in [4.69, 9.17) is 9.84 Å². The number of hydrogen-bond acceptors (Lipinski definition) is 2. The van der Waals surface area contributed by atoms with Crippen molar-refractivity contribution in [2.75, 3.05) is 6.61 Å². The molecule has 2 aromatic rings. The SMILES string of the molecule is CCCCCC[C@H](CCCOc1ccc(CO)cc1)Cc1ccc(C)c(C)c1. The number of aliphatic hydroxyl groups excluding tert-OH is 1. The van der Waals surface area contributed by atoms with Crippen LogP contribution in [-0.2, 0) is 13.0 Å². The molecule has 0 aliphatic heterocycles. The summed E-state index contributed by atoms with van der Waals surface area (Å²) in [5.41, 5.74) is 5.18. The van der Waals surface area contributed by atoms with Gasteiger partial charge in [0.25, 0.3) is 0 Å². The van der Waals surface area contributed by atoms with E-state index in [1.807, 2.05) is 24.3 Å². The highest BCUT2D eigenvalue weighted by Crippen LogP contribution is 2.23. The fourth-order valence-corrected chi connectivity index (χ4v) is 3.73. The van der Waals surface area contributed by atoms with Crippen molar-refractivity contribution in [1.29, 1.82) is 0 Å². The van der Waals surface area contributed by atoms with Crippen LogP contribution in [-0.4, -0.2) is 11.7 Å². The molecule has 0 amide bonds. The number of unbranched alkanes of at least 4 members (excludes halogenated alkanes) is 3. The molecule has 0 radical (unpaired) electrons. The summed E-state index contributed by atoms with van der Waals surface area (Å²) in [5, 5.41) is 9.12. The van der Waals surface area contributed by atoms with Crippen LogP contribution in [0.1, 0.15) is 74.1 Å². The standard InChI is InChI=1S/C26H38O2/c1-4-5-6-7-9-23(19-25-12-11-21(2)22(3)18-25)10-8-17-28-26-15-13-24(20-27)14-16-26/h11-16,18,23,27H,4-10,17,19-20H2,1-3H3/t23-/m1/s1. The third-order valence-electron chi connectivity index (χ3n) is 5.69. The summed E-state index contributed by atoms with van der Waals surface area (Å²) in [5.74, 6) is 1.63. The molecule has 0 saturated carbocycles. The maximum atomic E-state index is 9.12. The lowest BCUT2D eigenvalue weighted by molar-refractivity contribution is 0.279. The van der Waals surface area contributed by atoms with Crippen LogP contribution < -0.4 is 4.74 Å². The van der Waals surface area contributed by atoms with Crippen LogP contribution >= 0.6 is 0 Å². The zero-order valence-corrected chi connectivity index (χ0v) is 18.0. The summed E-state index contributed by atoms with van der Waals surface area (Å²) in [6, 6.07) is 14.7. The topological polar surface area (TPSA) is 29.5 Å². The van der Waals surface area contributed by atoms with Crippen LogP contribution in [0.4, 0.5) is 0 Å². The van der Waals surface area contributed by atoms with Crippen molar-refractivity contribution in [3.63, 3.8) is 0 Å². The highest BCUT2D eigenvalue weighted by molar-refractivity contribution is 5.30. The summed E-state index contributed by atoms with van der Waals surface area (Å²) in [7, 11) is 0. The Labute approximate surface area is 172 Å². The molecule has 1 atom stereocenters. The molecule has 2 rings (SSSR count).